The van der Waals surface area contributed by atoms with E-state index in [1.54, 1.807) is 11.8 Å². The van der Waals surface area contributed by atoms with Gasteiger partial charge in [-0.1, -0.05) is 31.7 Å². The molecule has 0 aromatic carbocycles. The molecule has 2 aromatic rings. The molecule has 0 amide bonds. The molecule has 0 aliphatic carbocycles. The highest BCUT2D eigenvalue weighted by atomic mass is 32.2. The summed E-state index contributed by atoms with van der Waals surface area (Å²) in [6.45, 7) is 5.45. The van der Waals surface area contributed by atoms with E-state index in [1.165, 1.54) is 12.8 Å². The Kier molecular flexibility index (Phi) is 5.01. The van der Waals surface area contributed by atoms with Gasteiger partial charge in [0, 0.05) is 18.0 Å². The van der Waals surface area contributed by atoms with Crippen LogP contribution in [-0.2, 0) is 0 Å². The molecule has 2 rings (SSSR count). The zero-order valence-corrected chi connectivity index (χ0v) is 11.8. The highest BCUT2D eigenvalue weighted by Crippen LogP contribution is 2.17. The number of unbranched alkanes of at least 4 members (excludes halogenated alkanes) is 1. The molecule has 0 saturated carbocycles. The molecule has 0 atom stereocenters. The topological polar surface area (TPSA) is 42.2 Å². The predicted molar refractivity (Wildman–Crippen MR) is 76.1 cm³/mol. The van der Waals surface area contributed by atoms with Crippen LogP contribution in [-0.4, -0.2) is 32.9 Å². The van der Waals surface area contributed by atoms with Gasteiger partial charge in [-0.05, 0) is 31.5 Å². The number of hydrogen-bond acceptors (Lipinski definition) is 4. The second-order valence-electron chi connectivity index (χ2n) is 4.58. The van der Waals surface area contributed by atoms with E-state index in [0.717, 1.165) is 23.1 Å². The Labute approximate surface area is 112 Å². The van der Waals surface area contributed by atoms with Gasteiger partial charge in [-0.15, -0.1) is 10.2 Å². The van der Waals surface area contributed by atoms with Crippen molar-refractivity contribution in [3.8, 4) is 0 Å². The second kappa shape index (κ2) is 6.75. The van der Waals surface area contributed by atoms with Gasteiger partial charge in [0.25, 0.3) is 0 Å². The predicted octanol–water partition coefficient (Wildman–Crippen LogP) is 2.60. The molecule has 4 nitrogen and oxygen atoms in total. The highest BCUT2D eigenvalue weighted by molar-refractivity contribution is 7.99. The fourth-order valence-corrected chi connectivity index (χ4v) is 2.62. The summed E-state index contributed by atoms with van der Waals surface area (Å²) < 4.78 is 2.04. The molecule has 98 valence electrons. The summed E-state index contributed by atoms with van der Waals surface area (Å²) in [5, 5.41) is 12.8. The zero-order valence-electron chi connectivity index (χ0n) is 11.0. The van der Waals surface area contributed by atoms with E-state index in [2.05, 4.69) is 29.4 Å². The summed E-state index contributed by atoms with van der Waals surface area (Å²) in [6.07, 6.45) is 4.42. The normalized spacial score (nSPS) is 11.5. The van der Waals surface area contributed by atoms with E-state index < -0.39 is 0 Å². The molecule has 2 aromatic heterocycles. The molecule has 0 bridgehead atoms. The number of aromatic nitrogens is 3. The lowest BCUT2D eigenvalue weighted by molar-refractivity contribution is 0.567. The van der Waals surface area contributed by atoms with Gasteiger partial charge in [-0.3, -0.25) is 4.40 Å². The van der Waals surface area contributed by atoms with Crippen LogP contribution in [0.3, 0.4) is 0 Å². The van der Waals surface area contributed by atoms with E-state index in [1.807, 2.05) is 28.8 Å². The summed E-state index contributed by atoms with van der Waals surface area (Å²) in [4.78, 5) is 0. The lowest BCUT2D eigenvalue weighted by atomic mass is 10.3. The van der Waals surface area contributed by atoms with Crippen LogP contribution in [0.15, 0.2) is 29.6 Å². The Balaban J connectivity index is 1.74. The minimum atomic E-state index is 0.582. The Morgan fingerprint density at radius 1 is 1.28 bits per heavy atom. The third-order valence-corrected chi connectivity index (χ3v) is 3.67. The largest absolute Gasteiger partial charge is 0.315 e. The minimum absolute atomic E-state index is 0.582. The van der Waals surface area contributed by atoms with Crippen LogP contribution >= 0.6 is 11.8 Å². The molecule has 0 radical (unpaired) electrons. The van der Waals surface area contributed by atoms with Gasteiger partial charge in [0.05, 0.1) is 0 Å². The average molecular weight is 264 g/mol. The van der Waals surface area contributed by atoms with Gasteiger partial charge in [-0.25, -0.2) is 0 Å². The van der Waals surface area contributed by atoms with E-state index in [-0.39, 0.29) is 0 Å². The number of hydrogen-bond donors (Lipinski definition) is 1. The van der Waals surface area contributed by atoms with Crippen molar-refractivity contribution in [2.45, 2.75) is 37.9 Å². The quantitative estimate of drug-likeness (QED) is 0.616. The molecule has 0 spiro atoms. The average Bonchev–Trinajstić information content (AvgIpc) is 2.77. The monoisotopic (exact) mass is 264 g/mol. The standard InChI is InChI=1S/C13H20N4S/c1-11(2)14-8-4-6-10-18-13-16-15-12-7-3-5-9-17(12)13/h3,5,7,9,11,14H,4,6,8,10H2,1-2H3. The summed E-state index contributed by atoms with van der Waals surface area (Å²) in [5.41, 5.74) is 0.918. The van der Waals surface area contributed by atoms with Gasteiger partial charge in [0.2, 0.25) is 0 Å². The molecule has 0 aliphatic heterocycles. The smallest absolute Gasteiger partial charge is 0.195 e. The van der Waals surface area contributed by atoms with Gasteiger partial charge in [0.1, 0.15) is 0 Å². The van der Waals surface area contributed by atoms with Crippen LogP contribution in [0.1, 0.15) is 26.7 Å². The third-order valence-electron chi connectivity index (χ3n) is 2.64. The van der Waals surface area contributed by atoms with Crippen LogP contribution in [0.2, 0.25) is 0 Å². The van der Waals surface area contributed by atoms with Gasteiger partial charge in [0.15, 0.2) is 10.8 Å². The van der Waals surface area contributed by atoms with E-state index >= 15 is 0 Å². The third kappa shape index (κ3) is 3.71. The first-order chi connectivity index (χ1) is 8.77. The fraction of sp³-hybridized carbons (Fsp3) is 0.538. The lowest BCUT2D eigenvalue weighted by Gasteiger charge is -2.06. The van der Waals surface area contributed by atoms with E-state index in [4.69, 9.17) is 0 Å². The molecular formula is C13H20N4S. The fourth-order valence-electron chi connectivity index (χ4n) is 1.70. The first-order valence-electron chi connectivity index (χ1n) is 6.43. The van der Waals surface area contributed by atoms with Gasteiger partial charge < -0.3 is 5.32 Å². The molecule has 0 aliphatic rings. The van der Waals surface area contributed by atoms with Crippen molar-refractivity contribution in [1.29, 1.82) is 0 Å². The minimum Gasteiger partial charge on any atom is -0.315 e. The van der Waals surface area contributed by atoms with E-state index in [0.29, 0.717) is 6.04 Å². The molecule has 2 heterocycles. The van der Waals surface area contributed by atoms with Crippen molar-refractivity contribution in [3.63, 3.8) is 0 Å². The van der Waals surface area contributed by atoms with Crippen LogP contribution in [0.5, 0.6) is 0 Å². The van der Waals surface area contributed by atoms with Crippen molar-refractivity contribution < 1.29 is 0 Å². The maximum absolute atomic E-state index is 4.20. The number of pyridine rings is 1. The van der Waals surface area contributed by atoms with Crippen molar-refractivity contribution in [3.05, 3.63) is 24.4 Å². The van der Waals surface area contributed by atoms with Crippen molar-refractivity contribution in [2.24, 2.45) is 0 Å². The van der Waals surface area contributed by atoms with Crippen molar-refractivity contribution in [2.75, 3.05) is 12.3 Å². The van der Waals surface area contributed by atoms with Gasteiger partial charge >= 0.3 is 0 Å². The first kappa shape index (κ1) is 13.4. The number of thioether (sulfide) groups is 1. The van der Waals surface area contributed by atoms with Crippen molar-refractivity contribution >= 4 is 17.4 Å². The molecular weight excluding hydrogens is 244 g/mol. The zero-order chi connectivity index (χ0) is 12.8. The molecule has 5 heteroatoms. The van der Waals surface area contributed by atoms with Crippen molar-refractivity contribution in [1.82, 2.24) is 19.9 Å². The van der Waals surface area contributed by atoms with E-state index in [9.17, 15) is 0 Å². The van der Waals surface area contributed by atoms with Crippen LogP contribution in [0.4, 0.5) is 0 Å². The van der Waals surface area contributed by atoms with Crippen LogP contribution < -0.4 is 5.32 Å². The summed E-state index contributed by atoms with van der Waals surface area (Å²) in [6, 6.07) is 6.55. The Morgan fingerprint density at radius 2 is 2.17 bits per heavy atom. The summed E-state index contributed by atoms with van der Waals surface area (Å²) in [5.74, 6) is 1.09. The van der Waals surface area contributed by atoms with Crippen LogP contribution in [0, 0.1) is 0 Å². The molecule has 18 heavy (non-hydrogen) atoms. The SMILES string of the molecule is CC(C)NCCCCSc1nnc2ccccn12. The molecule has 0 saturated heterocycles. The number of rotatable bonds is 7. The molecule has 0 fully saturated rings. The number of nitrogens with zero attached hydrogens (tertiary/aromatic N) is 3. The second-order valence-corrected chi connectivity index (χ2v) is 5.64. The van der Waals surface area contributed by atoms with Crippen LogP contribution in [0.25, 0.3) is 5.65 Å². The molecule has 1 N–H and O–H groups in total. The maximum Gasteiger partial charge on any atom is 0.195 e. The molecule has 0 unspecified atom stereocenters. The first-order valence-corrected chi connectivity index (χ1v) is 7.42. The Bertz CT molecular complexity index is 481. The number of fused-ring (bicyclic) bond motifs is 1. The Morgan fingerprint density at radius 3 is 3.00 bits per heavy atom. The maximum atomic E-state index is 4.20. The number of nitrogens with one attached hydrogen (secondary N) is 1. The lowest BCUT2D eigenvalue weighted by Crippen LogP contribution is -2.23. The highest BCUT2D eigenvalue weighted by Gasteiger charge is 2.04. The Hall–Kier alpha value is -1.07. The summed E-state index contributed by atoms with van der Waals surface area (Å²) >= 11 is 1.78. The van der Waals surface area contributed by atoms with Gasteiger partial charge in [-0.2, -0.15) is 0 Å². The summed E-state index contributed by atoms with van der Waals surface area (Å²) in [7, 11) is 0.